The maximum atomic E-state index is 13.4. The molecule has 0 spiro atoms. The van der Waals surface area contributed by atoms with Crippen LogP contribution in [0.4, 0.5) is 0 Å². The van der Waals surface area contributed by atoms with Crippen LogP contribution >= 0.6 is 0 Å². The molecule has 0 aliphatic heterocycles. The number of benzene rings is 2. The smallest absolute Gasteiger partial charge is 0.325 e. The molecule has 2 rings (SSSR count). The van der Waals surface area contributed by atoms with Gasteiger partial charge in [0.1, 0.15) is 23.9 Å². The van der Waals surface area contributed by atoms with Crippen LogP contribution in [-0.4, -0.2) is 58.1 Å². The summed E-state index contributed by atoms with van der Waals surface area (Å²) in [6.45, 7) is 4.88. The monoisotopic (exact) mass is 498 g/mol. The molecule has 0 unspecified atom stereocenters. The summed E-state index contributed by atoms with van der Waals surface area (Å²) in [5, 5.41) is 26.4. The van der Waals surface area contributed by atoms with Crippen molar-refractivity contribution in [1.29, 1.82) is 0 Å². The molecule has 0 aliphatic rings. The highest BCUT2D eigenvalue weighted by Gasteiger charge is 2.30. The molecule has 0 heterocycles. The van der Waals surface area contributed by atoms with E-state index in [-0.39, 0.29) is 24.5 Å². The summed E-state index contributed by atoms with van der Waals surface area (Å²) in [7, 11) is 0. The highest BCUT2D eigenvalue weighted by Crippen LogP contribution is 2.13. The average molecular weight is 499 g/mol. The van der Waals surface area contributed by atoms with Crippen LogP contribution in [0.2, 0.25) is 0 Å². The van der Waals surface area contributed by atoms with Gasteiger partial charge in [-0.2, -0.15) is 0 Å². The predicted octanol–water partition coefficient (Wildman–Crippen LogP) is 0.720. The Bertz CT molecular complexity index is 1040. The molecule has 10 nitrogen and oxygen atoms in total. The van der Waals surface area contributed by atoms with Gasteiger partial charge in [0.05, 0.1) is 6.04 Å². The molecule has 4 atom stereocenters. The Morgan fingerprint density at radius 1 is 0.750 bits per heavy atom. The second-order valence-electron chi connectivity index (χ2n) is 9.02. The summed E-state index contributed by atoms with van der Waals surface area (Å²) in [5.74, 6) is -3.16. The van der Waals surface area contributed by atoms with Gasteiger partial charge in [-0.3, -0.25) is 19.2 Å². The number of aromatic hydroxyl groups is 1. The third kappa shape index (κ3) is 8.70. The minimum Gasteiger partial charge on any atom is -0.508 e. The minimum absolute atomic E-state index is 0.0535. The number of nitrogens with one attached hydrogen (secondary N) is 3. The lowest BCUT2D eigenvalue weighted by molar-refractivity contribution is -0.141. The maximum Gasteiger partial charge on any atom is 0.325 e. The quantitative estimate of drug-likeness (QED) is 0.250. The fourth-order valence-corrected chi connectivity index (χ4v) is 3.35. The van der Waals surface area contributed by atoms with Gasteiger partial charge in [-0.1, -0.05) is 56.3 Å². The molecule has 0 radical (unpaired) electrons. The van der Waals surface area contributed by atoms with E-state index < -0.39 is 47.9 Å². The molecule has 3 amide bonds. The van der Waals surface area contributed by atoms with Crippen molar-refractivity contribution < 1.29 is 29.4 Å². The average Bonchev–Trinajstić information content (AvgIpc) is 2.84. The first-order chi connectivity index (χ1) is 17.0. The van der Waals surface area contributed by atoms with Crippen LogP contribution in [0.15, 0.2) is 54.6 Å². The molecule has 2 aromatic rings. The van der Waals surface area contributed by atoms with Gasteiger partial charge in [0.15, 0.2) is 0 Å². The molecule has 0 saturated heterocycles. The molecular weight excluding hydrogens is 464 g/mol. The first kappa shape index (κ1) is 28.3. The first-order valence-corrected chi connectivity index (χ1v) is 11.7. The molecule has 0 bridgehead atoms. The number of phenols is 1. The van der Waals surface area contributed by atoms with Crippen LogP contribution < -0.4 is 21.7 Å². The van der Waals surface area contributed by atoms with E-state index in [2.05, 4.69) is 16.0 Å². The SMILES string of the molecule is CC(C)[C@H](N)C(=O)N[C@@H](Cc1ccc(O)cc1)C(=O)N[C@@H](Cc1ccccc1)C(=O)N[C@@H](C)C(=O)O. The third-order valence-corrected chi connectivity index (χ3v) is 5.67. The van der Waals surface area contributed by atoms with Gasteiger partial charge in [-0.25, -0.2) is 0 Å². The van der Waals surface area contributed by atoms with Gasteiger partial charge in [-0.15, -0.1) is 0 Å². The number of nitrogens with two attached hydrogens (primary N) is 1. The summed E-state index contributed by atoms with van der Waals surface area (Å²) < 4.78 is 0. The Labute approximate surface area is 210 Å². The molecule has 2 aromatic carbocycles. The first-order valence-electron chi connectivity index (χ1n) is 11.7. The summed E-state index contributed by atoms with van der Waals surface area (Å²) in [4.78, 5) is 50.2. The predicted molar refractivity (Wildman–Crippen MR) is 134 cm³/mol. The van der Waals surface area contributed by atoms with Crippen LogP contribution in [-0.2, 0) is 32.0 Å². The van der Waals surface area contributed by atoms with Crippen LogP contribution in [0.5, 0.6) is 5.75 Å². The third-order valence-electron chi connectivity index (χ3n) is 5.67. The molecule has 0 saturated carbocycles. The zero-order chi connectivity index (χ0) is 26.8. The number of amides is 3. The maximum absolute atomic E-state index is 13.4. The number of hydrogen-bond donors (Lipinski definition) is 6. The van der Waals surface area contributed by atoms with Gasteiger partial charge in [-0.05, 0) is 36.1 Å². The summed E-state index contributed by atoms with van der Waals surface area (Å²) >= 11 is 0. The number of rotatable bonds is 12. The number of aliphatic carboxylic acids is 1. The van der Waals surface area contributed by atoms with Gasteiger partial charge < -0.3 is 31.9 Å². The highest BCUT2D eigenvalue weighted by atomic mass is 16.4. The minimum atomic E-state index is -1.21. The lowest BCUT2D eigenvalue weighted by atomic mass is 10.0. The van der Waals surface area contributed by atoms with E-state index in [1.807, 2.05) is 6.07 Å². The molecule has 0 aromatic heterocycles. The van der Waals surface area contributed by atoms with Gasteiger partial charge in [0, 0.05) is 12.8 Å². The number of carbonyl (C=O) groups excluding carboxylic acids is 3. The standard InChI is InChI=1S/C26H34N4O6/c1-15(2)22(27)25(34)30-21(14-18-9-11-19(31)12-10-18)24(33)29-20(13-17-7-5-4-6-8-17)23(32)28-16(3)26(35)36/h4-12,15-16,20-22,31H,13-14,27H2,1-3H3,(H,28,32)(H,29,33)(H,30,34)(H,35,36)/t16-,20-,21-,22-/m0/s1. The van der Waals surface area contributed by atoms with E-state index in [1.165, 1.54) is 19.1 Å². The van der Waals surface area contributed by atoms with E-state index in [0.717, 1.165) is 5.56 Å². The number of phenolic OH excluding ortho intramolecular Hbond substituents is 1. The van der Waals surface area contributed by atoms with Gasteiger partial charge in [0.25, 0.3) is 0 Å². The topological polar surface area (TPSA) is 171 Å². The number of carboxylic acids is 1. The zero-order valence-corrected chi connectivity index (χ0v) is 20.6. The van der Waals surface area contributed by atoms with Crippen molar-refractivity contribution in [2.24, 2.45) is 11.7 Å². The summed E-state index contributed by atoms with van der Waals surface area (Å²) in [5.41, 5.74) is 7.37. The van der Waals surface area contributed by atoms with Crippen molar-refractivity contribution in [3.8, 4) is 5.75 Å². The van der Waals surface area contributed by atoms with E-state index in [0.29, 0.717) is 5.56 Å². The molecule has 0 aliphatic carbocycles. The summed E-state index contributed by atoms with van der Waals surface area (Å²) in [6.07, 6.45) is 0.185. The summed E-state index contributed by atoms with van der Waals surface area (Å²) in [6, 6.07) is 10.9. The lowest BCUT2D eigenvalue weighted by Gasteiger charge is -2.25. The van der Waals surface area contributed by atoms with E-state index in [1.54, 1.807) is 50.2 Å². The molecule has 36 heavy (non-hydrogen) atoms. The Morgan fingerprint density at radius 3 is 1.72 bits per heavy atom. The largest absolute Gasteiger partial charge is 0.508 e. The van der Waals surface area contributed by atoms with Crippen molar-refractivity contribution >= 4 is 23.7 Å². The van der Waals surface area contributed by atoms with E-state index >= 15 is 0 Å². The van der Waals surface area contributed by atoms with Crippen molar-refractivity contribution in [3.63, 3.8) is 0 Å². The van der Waals surface area contributed by atoms with Gasteiger partial charge >= 0.3 is 5.97 Å². The number of hydrogen-bond acceptors (Lipinski definition) is 6. The van der Waals surface area contributed by atoms with Crippen molar-refractivity contribution in [3.05, 3.63) is 65.7 Å². The Balaban J connectivity index is 2.29. The fraction of sp³-hybridized carbons (Fsp3) is 0.385. The molecular formula is C26H34N4O6. The van der Waals surface area contributed by atoms with E-state index in [4.69, 9.17) is 5.73 Å². The fourth-order valence-electron chi connectivity index (χ4n) is 3.35. The Kier molecular flexibility index (Phi) is 10.4. The number of carboxylic acid groups (broad SMARTS) is 1. The highest BCUT2D eigenvalue weighted by molar-refractivity contribution is 5.94. The van der Waals surface area contributed by atoms with Crippen LogP contribution in [0, 0.1) is 5.92 Å². The van der Waals surface area contributed by atoms with Crippen LogP contribution in [0.25, 0.3) is 0 Å². The molecule has 0 fully saturated rings. The Hall–Kier alpha value is -3.92. The molecule has 7 N–H and O–H groups in total. The second kappa shape index (κ2) is 13.2. The van der Waals surface area contributed by atoms with Gasteiger partial charge in [0.2, 0.25) is 17.7 Å². The Morgan fingerprint density at radius 2 is 1.22 bits per heavy atom. The second-order valence-corrected chi connectivity index (χ2v) is 9.02. The van der Waals surface area contributed by atoms with Crippen LogP contribution in [0.3, 0.4) is 0 Å². The number of carbonyl (C=O) groups is 4. The zero-order valence-electron chi connectivity index (χ0n) is 20.6. The normalized spacial score (nSPS) is 14.2. The van der Waals surface area contributed by atoms with E-state index in [9.17, 15) is 29.4 Å². The van der Waals surface area contributed by atoms with Crippen molar-refractivity contribution in [2.45, 2.75) is 57.8 Å². The van der Waals surface area contributed by atoms with Crippen LogP contribution in [0.1, 0.15) is 31.9 Å². The lowest BCUT2D eigenvalue weighted by Crippen LogP contribution is -2.58. The van der Waals surface area contributed by atoms with Crippen molar-refractivity contribution in [2.75, 3.05) is 0 Å². The molecule has 10 heteroatoms. The molecule has 194 valence electrons. The van der Waals surface area contributed by atoms with Crippen molar-refractivity contribution in [1.82, 2.24) is 16.0 Å².